The van der Waals surface area contributed by atoms with Crippen LogP contribution in [0.1, 0.15) is 22.1 Å². The predicted octanol–water partition coefficient (Wildman–Crippen LogP) is 0.510. The molecule has 0 aliphatic heterocycles. The molecule has 0 bridgehead atoms. The number of aliphatic hydroxyl groups excluding tert-OH is 1. The number of nitrogens with one attached hydrogen (secondary N) is 3. The number of H-pyrrole nitrogens is 1. The molecule has 0 aliphatic rings. The van der Waals surface area contributed by atoms with Crippen LogP contribution >= 0.6 is 23.2 Å². The molecule has 0 spiro atoms. The lowest BCUT2D eigenvalue weighted by Gasteiger charge is -2.51. The molecule has 1 aromatic carbocycles. The number of rotatable bonds is 9. The first-order chi connectivity index (χ1) is 16.7. The summed E-state index contributed by atoms with van der Waals surface area (Å²) in [4.78, 5) is 19.6. The zero-order chi connectivity index (χ0) is 26.9. The molecule has 3 aromatic rings. The molecule has 2 unspecified atom stereocenters. The van der Waals surface area contributed by atoms with Crippen molar-refractivity contribution < 1.29 is 20.1 Å². The van der Waals surface area contributed by atoms with Crippen molar-refractivity contribution in [2.24, 2.45) is 0 Å². The third-order valence-electron chi connectivity index (χ3n) is 5.35. The van der Waals surface area contributed by atoms with Crippen LogP contribution in [0.2, 0.25) is 15.2 Å². The van der Waals surface area contributed by atoms with Gasteiger partial charge in [-0.05, 0) is 29.8 Å². The van der Waals surface area contributed by atoms with Crippen molar-refractivity contribution in [3.63, 3.8) is 0 Å². The third kappa shape index (κ3) is 5.98. The van der Waals surface area contributed by atoms with Crippen LogP contribution in [0, 0.1) is 0 Å². The van der Waals surface area contributed by atoms with E-state index in [1.165, 1.54) is 24.5 Å². The number of pyridine rings is 1. The van der Waals surface area contributed by atoms with Gasteiger partial charge in [0.25, 0.3) is 5.91 Å². The quantitative estimate of drug-likeness (QED) is 0.182. The van der Waals surface area contributed by atoms with E-state index >= 15 is 0 Å². The van der Waals surface area contributed by atoms with Gasteiger partial charge in [0.1, 0.15) is 32.9 Å². The maximum Gasteiger partial charge on any atom is 0.268 e. The number of hydrogen-bond donors (Lipinski definition) is 6. The molecule has 8 nitrogen and oxygen atoms in total. The second-order valence-electron chi connectivity index (χ2n) is 8.21. The lowest BCUT2D eigenvalue weighted by atomic mass is 9.32. The minimum atomic E-state index is -2.88. The lowest BCUT2D eigenvalue weighted by Crippen LogP contribution is -2.67. The van der Waals surface area contributed by atoms with Crippen molar-refractivity contribution in [1.82, 2.24) is 15.3 Å². The SMILES string of the molecule is [B]C([B])([B])C(O)(Nc1cc(-c2c[nH]c(C(=O)NC(CO)c3cccc(Cl)c3)c2)c(Cl)cn1)C([B])([B])O. The van der Waals surface area contributed by atoms with Crippen LogP contribution in [0.15, 0.2) is 48.8 Å². The summed E-state index contributed by atoms with van der Waals surface area (Å²) >= 11 is 12.3. The lowest BCUT2D eigenvalue weighted by molar-refractivity contribution is -0.0365. The predicted molar refractivity (Wildman–Crippen MR) is 143 cm³/mol. The Labute approximate surface area is 224 Å². The first-order valence-electron chi connectivity index (χ1n) is 10.3. The van der Waals surface area contributed by atoms with Crippen molar-refractivity contribution >= 4 is 74.2 Å². The maximum absolute atomic E-state index is 12.8. The molecule has 0 aliphatic carbocycles. The van der Waals surface area contributed by atoms with Gasteiger partial charge in [-0.15, -0.1) is 0 Å². The van der Waals surface area contributed by atoms with E-state index in [1.54, 1.807) is 24.3 Å². The number of halogens is 2. The molecular weight excluding hydrogens is 497 g/mol. The average molecular weight is 514 g/mol. The van der Waals surface area contributed by atoms with E-state index in [0.717, 1.165) is 0 Å². The second-order valence-corrected chi connectivity index (χ2v) is 9.05. The molecule has 36 heavy (non-hydrogen) atoms. The van der Waals surface area contributed by atoms with Gasteiger partial charge in [-0.3, -0.25) is 4.79 Å². The van der Waals surface area contributed by atoms with Gasteiger partial charge in [0, 0.05) is 33.9 Å². The molecule has 174 valence electrons. The second kappa shape index (κ2) is 10.6. The van der Waals surface area contributed by atoms with Crippen molar-refractivity contribution in [3.05, 3.63) is 70.1 Å². The maximum atomic E-state index is 12.8. The highest BCUT2D eigenvalue weighted by molar-refractivity contribution is 6.61. The Morgan fingerprint density at radius 3 is 2.39 bits per heavy atom. The van der Waals surface area contributed by atoms with Crippen LogP contribution in [0.4, 0.5) is 5.82 Å². The van der Waals surface area contributed by atoms with E-state index in [1.807, 2.05) is 0 Å². The zero-order valence-corrected chi connectivity index (χ0v) is 20.3. The first-order valence-corrected chi connectivity index (χ1v) is 11.1. The van der Waals surface area contributed by atoms with Crippen molar-refractivity contribution in [2.45, 2.75) is 22.3 Å². The van der Waals surface area contributed by atoms with Gasteiger partial charge in [0.2, 0.25) is 0 Å². The third-order valence-corrected chi connectivity index (χ3v) is 5.88. The largest absolute Gasteiger partial charge is 0.404 e. The number of aliphatic hydroxyl groups is 3. The summed E-state index contributed by atoms with van der Waals surface area (Å²) in [6, 6.07) is 8.91. The molecular formula is C21H17B5Cl2N4O4. The Morgan fingerprint density at radius 1 is 1.11 bits per heavy atom. The normalized spacial score (nSPS) is 14.6. The minimum Gasteiger partial charge on any atom is -0.404 e. The molecule has 6 N–H and O–H groups in total. The smallest absolute Gasteiger partial charge is 0.268 e. The van der Waals surface area contributed by atoms with Crippen LogP contribution in [-0.2, 0) is 0 Å². The Balaban J connectivity index is 1.86. The monoisotopic (exact) mass is 514 g/mol. The number of aromatic amines is 1. The number of hydrogen-bond acceptors (Lipinski definition) is 6. The molecule has 2 heterocycles. The zero-order valence-electron chi connectivity index (χ0n) is 18.7. The van der Waals surface area contributed by atoms with Crippen molar-refractivity contribution in [2.75, 3.05) is 11.9 Å². The van der Waals surface area contributed by atoms with E-state index in [-0.39, 0.29) is 23.1 Å². The number of carbonyl (C=O) groups excluding carboxylic acids is 1. The number of benzene rings is 1. The van der Waals surface area contributed by atoms with E-state index < -0.39 is 28.2 Å². The molecule has 2 aromatic heterocycles. The molecule has 1 amide bonds. The molecule has 0 saturated carbocycles. The number of aromatic nitrogens is 2. The van der Waals surface area contributed by atoms with Gasteiger partial charge in [-0.1, -0.05) is 40.4 Å². The molecule has 0 saturated heterocycles. The van der Waals surface area contributed by atoms with Crippen LogP contribution < -0.4 is 10.6 Å². The van der Waals surface area contributed by atoms with Crippen LogP contribution in [0.5, 0.6) is 0 Å². The van der Waals surface area contributed by atoms with Crippen LogP contribution in [-0.4, -0.2) is 88.2 Å². The van der Waals surface area contributed by atoms with Gasteiger partial charge in [0.15, 0.2) is 0 Å². The Kier molecular flexibility index (Phi) is 8.32. The number of nitrogens with zero attached hydrogens (tertiary/aromatic N) is 1. The van der Waals surface area contributed by atoms with Crippen LogP contribution in [0.3, 0.4) is 0 Å². The molecule has 3 rings (SSSR count). The fourth-order valence-corrected chi connectivity index (χ4v) is 3.75. The molecule has 0 fully saturated rings. The Morgan fingerprint density at radius 2 is 1.81 bits per heavy atom. The van der Waals surface area contributed by atoms with Crippen molar-refractivity contribution in [3.8, 4) is 11.1 Å². The van der Waals surface area contributed by atoms with Gasteiger partial charge in [-0.25, -0.2) is 4.98 Å². The molecule has 2 atom stereocenters. The number of carbonyl (C=O) groups is 1. The Hall–Kier alpha value is -2.30. The van der Waals surface area contributed by atoms with E-state index in [4.69, 9.17) is 62.4 Å². The summed E-state index contributed by atoms with van der Waals surface area (Å²) in [5.41, 5.74) is -1.23. The van der Waals surface area contributed by atoms with E-state index in [2.05, 4.69) is 20.6 Å². The summed E-state index contributed by atoms with van der Waals surface area (Å²) in [5, 5.41) is 30.8. The highest BCUT2D eigenvalue weighted by atomic mass is 35.5. The van der Waals surface area contributed by atoms with Gasteiger partial charge < -0.3 is 30.9 Å². The summed E-state index contributed by atoms with van der Waals surface area (Å²) in [7, 11) is 27.5. The summed E-state index contributed by atoms with van der Waals surface area (Å²) in [6.45, 7) is -0.354. The summed E-state index contributed by atoms with van der Waals surface area (Å²) in [5.74, 6) is -0.612. The standard InChI is InChI=1S/C21H17B5Cl2N4O4/c22-20(23,24)19(35,21(25,26)36)32-17-6-13(14(28)8-30-17)11-5-15(29-7-11)18(34)31-16(9-33)10-2-1-3-12(27)4-10/h1-8,16,29,33,35-36H,9H2,(H,30,32)(H,31,34). The number of amides is 1. The summed E-state index contributed by atoms with van der Waals surface area (Å²) < 4.78 is 0. The van der Waals surface area contributed by atoms with Crippen LogP contribution in [0.25, 0.3) is 11.1 Å². The fourth-order valence-electron chi connectivity index (χ4n) is 3.34. The van der Waals surface area contributed by atoms with Gasteiger partial charge in [-0.2, -0.15) is 0 Å². The highest BCUT2D eigenvalue weighted by Crippen LogP contribution is 2.37. The topological polar surface area (TPSA) is 130 Å². The highest BCUT2D eigenvalue weighted by Gasteiger charge is 2.49. The Bertz CT molecular complexity index is 1240. The van der Waals surface area contributed by atoms with Crippen molar-refractivity contribution in [1.29, 1.82) is 0 Å². The first kappa shape index (κ1) is 28.3. The number of anilines is 1. The minimum absolute atomic E-state index is 0.106. The van der Waals surface area contributed by atoms with E-state index in [9.17, 15) is 20.1 Å². The molecule has 15 heteroatoms. The van der Waals surface area contributed by atoms with Gasteiger partial charge >= 0.3 is 0 Å². The molecule has 10 radical (unpaired) electrons. The average Bonchev–Trinajstić information content (AvgIpc) is 3.27. The van der Waals surface area contributed by atoms with Gasteiger partial charge in [0.05, 0.1) is 41.2 Å². The summed E-state index contributed by atoms with van der Waals surface area (Å²) in [6.07, 6.45) is 2.73. The van der Waals surface area contributed by atoms with E-state index in [0.29, 0.717) is 21.7 Å². The fraction of sp³-hybridized carbons (Fsp3) is 0.238.